The van der Waals surface area contributed by atoms with Gasteiger partial charge in [0.1, 0.15) is 0 Å². The molecule has 0 radical (unpaired) electrons. The molecule has 1 aliphatic heterocycles. The molecule has 0 unspecified atom stereocenters. The number of carbonyl (C=O) groups excluding carboxylic acids is 1. The number of aromatic amines is 1. The molecule has 0 saturated heterocycles. The lowest BCUT2D eigenvalue weighted by Gasteiger charge is -2.05. The molecule has 0 spiro atoms. The Morgan fingerprint density at radius 3 is 2.71 bits per heavy atom. The van der Waals surface area contributed by atoms with Crippen molar-refractivity contribution in [2.75, 3.05) is 0 Å². The van der Waals surface area contributed by atoms with Gasteiger partial charge < -0.3 is 0 Å². The van der Waals surface area contributed by atoms with E-state index >= 15 is 0 Å². The Labute approximate surface area is 136 Å². The molecule has 1 aliphatic rings. The highest BCUT2D eigenvalue weighted by atomic mass is 16.2. The zero-order chi connectivity index (χ0) is 16.4. The molecule has 2 aromatic heterocycles. The fraction of sp³-hybridized carbons (Fsp3) is 0.0625. The SMILES string of the molecule is O=C1N=CC(Cc2cc(-c3cccc(-c4nn[nH]n4)c3)ccn2)=N1. The summed E-state index contributed by atoms with van der Waals surface area (Å²) in [5.74, 6) is 0.543. The van der Waals surface area contributed by atoms with Gasteiger partial charge in [-0.3, -0.25) is 4.98 Å². The Hall–Kier alpha value is -3.55. The summed E-state index contributed by atoms with van der Waals surface area (Å²) >= 11 is 0. The van der Waals surface area contributed by atoms with Crippen molar-refractivity contribution in [2.24, 2.45) is 9.98 Å². The summed E-state index contributed by atoms with van der Waals surface area (Å²) in [4.78, 5) is 22.8. The van der Waals surface area contributed by atoms with Gasteiger partial charge in [-0.1, -0.05) is 18.2 Å². The molecule has 1 N–H and O–H groups in total. The minimum atomic E-state index is -0.464. The first kappa shape index (κ1) is 14.1. The van der Waals surface area contributed by atoms with Crippen LogP contribution in [-0.4, -0.2) is 43.6 Å². The number of carbonyl (C=O) groups is 1. The number of pyridine rings is 1. The van der Waals surface area contributed by atoms with Crippen LogP contribution >= 0.6 is 0 Å². The molecule has 0 bridgehead atoms. The minimum absolute atomic E-state index is 0.464. The van der Waals surface area contributed by atoms with E-state index in [1.54, 1.807) is 6.20 Å². The normalized spacial score (nSPS) is 13.3. The Bertz CT molecular complexity index is 960. The number of urea groups is 1. The predicted octanol–water partition coefficient (Wildman–Crippen LogP) is 2.12. The van der Waals surface area contributed by atoms with E-state index in [1.807, 2.05) is 36.4 Å². The predicted molar refractivity (Wildman–Crippen MR) is 87.9 cm³/mol. The van der Waals surface area contributed by atoms with Gasteiger partial charge in [0.15, 0.2) is 0 Å². The highest BCUT2D eigenvalue weighted by Crippen LogP contribution is 2.24. The van der Waals surface area contributed by atoms with Gasteiger partial charge in [0.25, 0.3) is 0 Å². The van der Waals surface area contributed by atoms with E-state index in [2.05, 4.69) is 35.6 Å². The zero-order valence-electron chi connectivity index (χ0n) is 12.4. The molecule has 24 heavy (non-hydrogen) atoms. The van der Waals surface area contributed by atoms with Crippen molar-refractivity contribution in [2.45, 2.75) is 6.42 Å². The van der Waals surface area contributed by atoms with E-state index < -0.39 is 6.03 Å². The summed E-state index contributed by atoms with van der Waals surface area (Å²) in [6.07, 6.45) is 3.68. The molecule has 8 heteroatoms. The van der Waals surface area contributed by atoms with Crippen molar-refractivity contribution in [3.63, 3.8) is 0 Å². The Morgan fingerprint density at radius 2 is 1.92 bits per heavy atom. The molecule has 0 fully saturated rings. The number of aromatic nitrogens is 5. The van der Waals surface area contributed by atoms with Crippen LogP contribution in [0.2, 0.25) is 0 Å². The molecule has 3 aromatic rings. The number of hydrogen-bond donors (Lipinski definition) is 1. The lowest BCUT2D eigenvalue weighted by Crippen LogP contribution is -2.03. The molecular formula is C16H11N7O. The van der Waals surface area contributed by atoms with E-state index in [9.17, 15) is 4.79 Å². The van der Waals surface area contributed by atoms with Crippen LogP contribution in [0.1, 0.15) is 5.69 Å². The highest BCUT2D eigenvalue weighted by Gasteiger charge is 2.11. The lowest BCUT2D eigenvalue weighted by molar-refractivity contribution is 0.257. The fourth-order valence-electron chi connectivity index (χ4n) is 2.46. The number of benzene rings is 1. The van der Waals surface area contributed by atoms with Crippen LogP contribution in [0, 0.1) is 0 Å². The van der Waals surface area contributed by atoms with Crippen LogP contribution in [0.3, 0.4) is 0 Å². The number of nitrogens with zero attached hydrogens (tertiary/aromatic N) is 6. The summed E-state index contributed by atoms with van der Waals surface area (Å²) in [5.41, 5.74) is 4.33. The number of rotatable bonds is 4. The maximum absolute atomic E-state index is 11.1. The van der Waals surface area contributed by atoms with Crippen LogP contribution < -0.4 is 0 Å². The monoisotopic (exact) mass is 317 g/mol. The summed E-state index contributed by atoms with van der Waals surface area (Å²) in [7, 11) is 0. The van der Waals surface area contributed by atoms with Gasteiger partial charge in [0, 0.05) is 23.9 Å². The van der Waals surface area contributed by atoms with Gasteiger partial charge in [-0.2, -0.15) is 15.2 Å². The molecule has 3 heterocycles. The van der Waals surface area contributed by atoms with Crippen LogP contribution in [0.25, 0.3) is 22.5 Å². The number of aliphatic imine (C=N–C) groups is 2. The summed E-state index contributed by atoms with van der Waals surface area (Å²) in [6, 6.07) is 11.3. The van der Waals surface area contributed by atoms with Gasteiger partial charge in [-0.25, -0.2) is 4.79 Å². The Balaban J connectivity index is 1.64. The van der Waals surface area contributed by atoms with Gasteiger partial charge in [0.2, 0.25) is 5.82 Å². The molecule has 8 nitrogen and oxygen atoms in total. The second kappa shape index (κ2) is 5.92. The maximum Gasteiger partial charge on any atom is 0.367 e. The first-order valence-electron chi connectivity index (χ1n) is 7.23. The third-order valence-corrected chi connectivity index (χ3v) is 3.54. The van der Waals surface area contributed by atoms with Crippen molar-refractivity contribution >= 4 is 18.0 Å². The molecule has 116 valence electrons. The van der Waals surface area contributed by atoms with E-state index in [-0.39, 0.29) is 0 Å². The second-order valence-corrected chi connectivity index (χ2v) is 5.17. The smallest absolute Gasteiger partial charge is 0.261 e. The van der Waals surface area contributed by atoms with Crippen LogP contribution in [0.4, 0.5) is 4.79 Å². The average molecular weight is 317 g/mol. The lowest BCUT2D eigenvalue weighted by atomic mass is 10.0. The quantitative estimate of drug-likeness (QED) is 0.792. The van der Waals surface area contributed by atoms with Gasteiger partial charge >= 0.3 is 6.03 Å². The first-order chi connectivity index (χ1) is 11.8. The van der Waals surface area contributed by atoms with E-state index in [4.69, 9.17) is 0 Å². The number of amides is 2. The zero-order valence-corrected chi connectivity index (χ0v) is 12.4. The van der Waals surface area contributed by atoms with Crippen LogP contribution in [0.15, 0.2) is 52.6 Å². The van der Waals surface area contributed by atoms with Crippen molar-refractivity contribution in [1.29, 1.82) is 0 Å². The molecule has 4 rings (SSSR count). The van der Waals surface area contributed by atoms with Gasteiger partial charge in [0.05, 0.1) is 11.9 Å². The summed E-state index contributed by atoms with van der Waals surface area (Å²) < 4.78 is 0. The Morgan fingerprint density at radius 1 is 1.04 bits per heavy atom. The minimum Gasteiger partial charge on any atom is -0.261 e. The third kappa shape index (κ3) is 2.84. The highest BCUT2D eigenvalue weighted by molar-refractivity contribution is 6.37. The third-order valence-electron chi connectivity index (χ3n) is 3.54. The van der Waals surface area contributed by atoms with E-state index in [0.29, 0.717) is 18.0 Å². The van der Waals surface area contributed by atoms with Crippen molar-refractivity contribution in [3.05, 3.63) is 48.3 Å². The van der Waals surface area contributed by atoms with Gasteiger partial charge in [-0.15, -0.1) is 10.2 Å². The molecule has 1 aromatic carbocycles. The molecular weight excluding hydrogens is 306 g/mol. The molecule has 0 aliphatic carbocycles. The average Bonchev–Trinajstić information content (AvgIpc) is 3.27. The second-order valence-electron chi connectivity index (χ2n) is 5.17. The largest absolute Gasteiger partial charge is 0.367 e. The van der Waals surface area contributed by atoms with E-state index in [0.717, 1.165) is 22.4 Å². The summed E-state index contributed by atoms with van der Waals surface area (Å²) in [5, 5.41) is 14.0. The Kier molecular flexibility index (Phi) is 3.47. The van der Waals surface area contributed by atoms with Crippen LogP contribution in [-0.2, 0) is 6.42 Å². The number of H-pyrrole nitrogens is 1. The molecule has 0 saturated carbocycles. The molecule has 2 amide bonds. The topological polar surface area (TPSA) is 109 Å². The fourth-order valence-corrected chi connectivity index (χ4v) is 2.46. The van der Waals surface area contributed by atoms with Gasteiger partial charge in [-0.05, 0) is 34.5 Å². The van der Waals surface area contributed by atoms with Crippen molar-refractivity contribution in [3.8, 4) is 22.5 Å². The standard InChI is InChI=1S/C16H11N7O/c24-16-18-9-14(19-16)8-13-7-11(4-5-17-13)10-2-1-3-12(6-10)15-20-22-23-21-15/h1-7,9H,8H2,(H,20,21,22,23). The van der Waals surface area contributed by atoms with Crippen molar-refractivity contribution < 1.29 is 4.79 Å². The van der Waals surface area contributed by atoms with E-state index in [1.165, 1.54) is 6.21 Å². The number of nitrogens with one attached hydrogen (secondary N) is 1. The van der Waals surface area contributed by atoms with Crippen LogP contribution in [0.5, 0.6) is 0 Å². The number of hydrogen-bond acceptors (Lipinski definition) is 5. The maximum atomic E-state index is 11.1. The summed E-state index contributed by atoms with van der Waals surface area (Å²) in [6.45, 7) is 0. The van der Waals surface area contributed by atoms with Crippen molar-refractivity contribution in [1.82, 2.24) is 25.6 Å². The first-order valence-corrected chi connectivity index (χ1v) is 7.23. The molecule has 0 atom stereocenters. The number of tetrazole rings is 1.